The van der Waals surface area contributed by atoms with Gasteiger partial charge < -0.3 is 9.30 Å². The van der Waals surface area contributed by atoms with Crippen LogP contribution in [0.5, 0.6) is 0 Å². The summed E-state index contributed by atoms with van der Waals surface area (Å²) in [6.07, 6.45) is 11.8. The van der Waals surface area contributed by atoms with Gasteiger partial charge in [-0.25, -0.2) is 9.67 Å². The maximum Gasteiger partial charge on any atom is 0.150 e. The van der Waals surface area contributed by atoms with Crippen molar-refractivity contribution in [1.29, 1.82) is 0 Å². The normalized spacial score (nSPS) is 16.4. The fourth-order valence-electron chi connectivity index (χ4n) is 4.83. The number of benzene rings is 2. The number of hydrogen-bond donors (Lipinski definition) is 0. The van der Waals surface area contributed by atoms with Crippen molar-refractivity contribution in [3.63, 3.8) is 0 Å². The van der Waals surface area contributed by atoms with Crippen molar-refractivity contribution < 1.29 is 4.74 Å². The van der Waals surface area contributed by atoms with Gasteiger partial charge in [-0.1, -0.05) is 24.3 Å². The number of fused-ring (bicyclic) bond motifs is 1. The summed E-state index contributed by atoms with van der Waals surface area (Å²) in [5.74, 6) is 0.954. The Morgan fingerprint density at radius 3 is 2.56 bits per heavy atom. The van der Waals surface area contributed by atoms with Gasteiger partial charge >= 0.3 is 0 Å². The predicted octanol–water partition coefficient (Wildman–Crippen LogP) is 5.13. The van der Waals surface area contributed by atoms with E-state index < -0.39 is 0 Å². The minimum Gasteiger partial charge on any atom is -0.356 e. The quantitative estimate of drug-likeness (QED) is 0.371. The largest absolute Gasteiger partial charge is 0.356 e. The zero-order valence-corrected chi connectivity index (χ0v) is 19.6. The van der Waals surface area contributed by atoms with E-state index in [4.69, 9.17) is 9.84 Å². The number of imidazole rings is 1. The molecule has 7 nitrogen and oxygen atoms in total. The lowest BCUT2D eigenvalue weighted by Crippen LogP contribution is -2.19. The molecule has 0 bridgehead atoms. The molecule has 1 saturated heterocycles. The molecule has 5 aromatic rings. The molecule has 0 amide bonds. The second-order valence-electron chi connectivity index (χ2n) is 9.08. The van der Waals surface area contributed by atoms with E-state index in [0.717, 1.165) is 59.4 Å². The summed E-state index contributed by atoms with van der Waals surface area (Å²) in [6.45, 7) is 0.794. The Balaban J connectivity index is 1.39. The van der Waals surface area contributed by atoms with Gasteiger partial charge in [-0.3, -0.25) is 4.68 Å². The van der Waals surface area contributed by atoms with E-state index >= 15 is 0 Å². The third-order valence-electron chi connectivity index (χ3n) is 6.65. The van der Waals surface area contributed by atoms with Gasteiger partial charge in [-0.15, -0.1) is 0 Å². The number of rotatable bonds is 5. The molecule has 0 N–H and O–H groups in total. The Morgan fingerprint density at radius 2 is 1.85 bits per heavy atom. The van der Waals surface area contributed by atoms with Crippen LogP contribution in [0.15, 0.2) is 67.3 Å². The van der Waals surface area contributed by atoms with Gasteiger partial charge in [0.25, 0.3) is 0 Å². The van der Waals surface area contributed by atoms with Crippen LogP contribution < -0.4 is 0 Å². The number of nitrogens with zero attached hydrogens (tertiary/aromatic N) is 6. The second kappa shape index (κ2) is 8.57. The van der Waals surface area contributed by atoms with E-state index in [2.05, 4.69) is 57.2 Å². The number of ether oxygens (including phenoxy) is 1. The standard InChI is InChI=1S/C27H28N6O/c1-31-13-12-28-27(31)21-10-11-25-23(16-21)24(30-33(25)26-5-3-4-14-34-26)15-19-6-8-20(9-7-19)22-17-29-32(2)18-22/h6-13,16-18,26H,3-5,14-15H2,1-2H3. The highest BCUT2D eigenvalue weighted by Gasteiger charge is 2.22. The fraction of sp³-hybridized carbons (Fsp3) is 0.296. The van der Waals surface area contributed by atoms with Crippen molar-refractivity contribution in [2.45, 2.75) is 31.9 Å². The van der Waals surface area contributed by atoms with Crippen LogP contribution in [0.3, 0.4) is 0 Å². The molecule has 7 heteroatoms. The molecule has 0 radical (unpaired) electrons. The summed E-state index contributed by atoms with van der Waals surface area (Å²) in [6, 6.07) is 15.2. The summed E-state index contributed by atoms with van der Waals surface area (Å²) >= 11 is 0. The Morgan fingerprint density at radius 1 is 1.00 bits per heavy atom. The first-order chi connectivity index (χ1) is 16.7. The Labute approximate surface area is 198 Å². The lowest BCUT2D eigenvalue weighted by atomic mass is 10.0. The first-order valence-electron chi connectivity index (χ1n) is 11.8. The highest BCUT2D eigenvalue weighted by Crippen LogP contribution is 2.32. The van der Waals surface area contributed by atoms with Gasteiger partial charge in [0.15, 0.2) is 6.23 Å². The summed E-state index contributed by atoms with van der Waals surface area (Å²) in [5, 5.41) is 10.5. The molecule has 0 aliphatic carbocycles. The first kappa shape index (κ1) is 20.9. The van der Waals surface area contributed by atoms with Crippen LogP contribution in [0, 0.1) is 0 Å². The van der Waals surface area contributed by atoms with Gasteiger partial charge in [-0.05, 0) is 48.6 Å². The molecule has 2 aromatic carbocycles. The molecule has 172 valence electrons. The molecule has 6 rings (SSSR count). The van der Waals surface area contributed by atoms with Crippen molar-refractivity contribution in [2.75, 3.05) is 6.61 Å². The van der Waals surface area contributed by atoms with Crippen LogP contribution in [0.25, 0.3) is 33.4 Å². The predicted molar refractivity (Wildman–Crippen MR) is 132 cm³/mol. The average Bonchev–Trinajstić information content (AvgIpc) is 3.59. The minimum atomic E-state index is -0.00281. The van der Waals surface area contributed by atoms with Crippen LogP contribution in [0.1, 0.15) is 36.7 Å². The average molecular weight is 453 g/mol. The molecule has 0 spiro atoms. The molecule has 3 aromatic heterocycles. The van der Waals surface area contributed by atoms with Crippen LogP contribution >= 0.6 is 0 Å². The molecule has 1 unspecified atom stereocenters. The summed E-state index contributed by atoms with van der Waals surface area (Å²) in [4.78, 5) is 4.55. The summed E-state index contributed by atoms with van der Waals surface area (Å²) in [5.41, 5.74) is 6.79. The van der Waals surface area contributed by atoms with E-state index in [1.165, 1.54) is 17.5 Å². The first-order valence-corrected chi connectivity index (χ1v) is 11.8. The van der Waals surface area contributed by atoms with Crippen molar-refractivity contribution in [3.8, 4) is 22.5 Å². The topological polar surface area (TPSA) is 62.7 Å². The molecular weight excluding hydrogens is 424 g/mol. The van der Waals surface area contributed by atoms with Gasteiger partial charge in [0.1, 0.15) is 5.82 Å². The molecule has 1 aliphatic rings. The molecule has 1 aliphatic heterocycles. The Bertz CT molecular complexity index is 1440. The van der Waals surface area contributed by atoms with Crippen molar-refractivity contribution >= 4 is 10.9 Å². The summed E-state index contributed by atoms with van der Waals surface area (Å²) < 4.78 is 12.1. The molecule has 34 heavy (non-hydrogen) atoms. The maximum atomic E-state index is 6.10. The number of hydrogen-bond acceptors (Lipinski definition) is 4. The summed E-state index contributed by atoms with van der Waals surface area (Å²) in [7, 11) is 3.96. The van der Waals surface area contributed by atoms with Crippen LogP contribution in [0.2, 0.25) is 0 Å². The molecule has 1 fully saturated rings. The van der Waals surface area contributed by atoms with Gasteiger partial charge in [0, 0.05) is 62.2 Å². The molecule has 0 saturated carbocycles. The van der Waals surface area contributed by atoms with Gasteiger partial charge in [0.05, 0.1) is 17.4 Å². The van der Waals surface area contributed by atoms with E-state index in [-0.39, 0.29) is 6.23 Å². The van der Waals surface area contributed by atoms with Gasteiger partial charge in [-0.2, -0.15) is 10.2 Å². The van der Waals surface area contributed by atoms with Gasteiger partial charge in [0.2, 0.25) is 0 Å². The molecule has 1 atom stereocenters. The smallest absolute Gasteiger partial charge is 0.150 e. The van der Waals surface area contributed by atoms with Crippen LogP contribution in [-0.2, 0) is 25.3 Å². The second-order valence-corrected chi connectivity index (χ2v) is 9.08. The monoisotopic (exact) mass is 452 g/mol. The van der Waals surface area contributed by atoms with E-state index in [9.17, 15) is 0 Å². The number of aryl methyl sites for hydroxylation is 2. The maximum absolute atomic E-state index is 6.10. The van der Waals surface area contributed by atoms with E-state index in [0.29, 0.717) is 0 Å². The Hall–Kier alpha value is -3.71. The molecular formula is C27H28N6O. The lowest BCUT2D eigenvalue weighted by Gasteiger charge is -2.23. The number of aromatic nitrogens is 6. The van der Waals surface area contributed by atoms with E-state index in [1.54, 1.807) is 0 Å². The lowest BCUT2D eigenvalue weighted by molar-refractivity contribution is -0.0368. The zero-order chi connectivity index (χ0) is 23.1. The third kappa shape index (κ3) is 3.82. The van der Waals surface area contributed by atoms with Crippen molar-refractivity contribution in [1.82, 2.24) is 29.1 Å². The highest BCUT2D eigenvalue weighted by atomic mass is 16.5. The van der Waals surface area contributed by atoms with Crippen LogP contribution in [-0.4, -0.2) is 35.7 Å². The molecule has 4 heterocycles. The van der Waals surface area contributed by atoms with Crippen molar-refractivity contribution in [3.05, 3.63) is 78.5 Å². The zero-order valence-electron chi connectivity index (χ0n) is 19.6. The Kier molecular flexibility index (Phi) is 5.26. The SMILES string of the molecule is Cn1cc(-c2ccc(Cc3nn(C4CCCCO4)c4ccc(-c5nccn5C)cc34)cc2)cn1. The van der Waals surface area contributed by atoms with Crippen molar-refractivity contribution in [2.24, 2.45) is 14.1 Å². The van der Waals surface area contributed by atoms with Crippen LogP contribution in [0.4, 0.5) is 0 Å². The highest BCUT2D eigenvalue weighted by molar-refractivity contribution is 5.86. The minimum absolute atomic E-state index is 0.00281. The van der Waals surface area contributed by atoms with E-state index in [1.807, 2.05) is 48.1 Å². The third-order valence-corrected chi connectivity index (χ3v) is 6.65. The fourth-order valence-corrected chi connectivity index (χ4v) is 4.83.